The lowest BCUT2D eigenvalue weighted by Gasteiger charge is -2.24. The molecule has 0 aliphatic carbocycles. The molecule has 7 heteroatoms. The zero-order valence-electron chi connectivity index (χ0n) is 16.3. The van der Waals surface area contributed by atoms with E-state index in [4.69, 9.17) is 16.3 Å². The maximum atomic E-state index is 6.03. The summed E-state index contributed by atoms with van der Waals surface area (Å²) >= 11 is 6.03. The third-order valence-corrected chi connectivity index (χ3v) is 5.13. The van der Waals surface area contributed by atoms with Gasteiger partial charge in [-0.3, -0.25) is 4.99 Å². The highest BCUT2D eigenvalue weighted by Gasteiger charge is 2.25. The minimum Gasteiger partial charge on any atom is -0.496 e. The highest BCUT2D eigenvalue weighted by Crippen LogP contribution is 2.23. The molecule has 1 N–H and O–H groups in total. The van der Waals surface area contributed by atoms with Gasteiger partial charge >= 0.3 is 0 Å². The Morgan fingerprint density at radius 2 is 2.12 bits per heavy atom. The average Bonchev–Trinajstić information content (AvgIpc) is 3.09. The Bertz CT molecular complexity index is 581. The summed E-state index contributed by atoms with van der Waals surface area (Å²) in [5.41, 5.74) is 1.08. The van der Waals surface area contributed by atoms with Gasteiger partial charge in [0.25, 0.3) is 0 Å². The quantitative estimate of drug-likeness (QED) is 0.356. The molecule has 1 aromatic carbocycles. The minimum atomic E-state index is 0. The van der Waals surface area contributed by atoms with E-state index in [0.29, 0.717) is 17.5 Å². The monoisotopic (exact) mass is 494 g/mol. The molecule has 0 spiro atoms. The van der Waals surface area contributed by atoms with Crippen molar-refractivity contribution in [3.63, 3.8) is 0 Å². The van der Waals surface area contributed by atoms with Crippen LogP contribution in [0.4, 0.5) is 0 Å². The molecule has 1 aliphatic rings. The second kappa shape index (κ2) is 11.9. The Morgan fingerprint density at radius 1 is 1.38 bits per heavy atom. The van der Waals surface area contributed by atoms with Crippen molar-refractivity contribution in [2.24, 2.45) is 10.9 Å². The Hall–Kier alpha value is -0.730. The van der Waals surface area contributed by atoms with Crippen LogP contribution >= 0.6 is 35.6 Å². The smallest absolute Gasteiger partial charge is 0.193 e. The van der Waals surface area contributed by atoms with Gasteiger partial charge in [0.1, 0.15) is 5.75 Å². The zero-order valence-corrected chi connectivity index (χ0v) is 19.4. The van der Waals surface area contributed by atoms with Gasteiger partial charge in [-0.1, -0.05) is 31.5 Å². The Kier molecular flexibility index (Phi) is 10.6. The number of nitrogens with one attached hydrogen (secondary N) is 1. The van der Waals surface area contributed by atoms with Gasteiger partial charge in [0.05, 0.1) is 7.11 Å². The highest BCUT2D eigenvalue weighted by molar-refractivity contribution is 14.0. The molecule has 0 aromatic heterocycles. The van der Waals surface area contributed by atoms with Gasteiger partial charge in [-0.2, -0.15) is 0 Å². The van der Waals surface area contributed by atoms with Crippen LogP contribution in [0.1, 0.15) is 25.8 Å². The fraction of sp³-hybridized carbons (Fsp3) is 0.632. The zero-order chi connectivity index (χ0) is 18.2. The molecule has 0 saturated carbocycles. The Labute approximate surface area is 180 Å². The molecule has 1 aliphatic heterocycles. The summed E-state index contributed by atoms with van der Waals surface area (Å²) in [6.45, 7) is 10.7. The van der Waals surface area contributed by atoms with Gasteiger partial charge in [0, 0.05) is 43.8 Å². The predicted octanol–water partition coefficient (Wildman–Crippen LogP) is 3.71. The summed E-state index contributed by atoms with van der Waals surface area (Å²) in [7, 11) is 3.52. The first kappa shape index (κ1) is 23.3. The van der Waals surface area contributed by atoms with E-state index in [1.165, 1.54) is 13.0 Å². The summed E-state index contributed by atoms with van der Waals surface area (Å²) in [5.74, 6) is 2.47. The van der Waals surface area contributed by atoms with Gasteiger partial charge in [0.2, 0.25) is 0 Å². The molecule has 1 fully saturated rings. The molecule has 26 heavy (non-hydrogen) atoms. The second-order valence-corrected chi connectivity index (χ2v) is 6.88. The van der Waals surface area contributed by atoms with Crippen LogP contribution in [0.5, 0.6) is 5.75 Å². The van der Waals surface area contributed by atoms with Crippen LogP contribution in [0.25, 0.3) is 0 Å². The number of ether oxygens (including phenoxy) is 1. The number of rotatable bonds is 7. The van der Waals surface area contributed by atoms with Crippen molar-refractivity contribution in [1.29, 1.82) is 0 Å². The first-order valence-corrected chi connectivity index (χ1v) is 9.49. The number of hydrogen-bond donors (Lipinski definition) is 1. The van der Waals surface area contributed by atoms with Gasteiger partial charge in [0.15, 0.2) is 5.96 Å². The lowest BCUT2D eigenvalue weighted by molar-refractivity contribution is 0.255. The van der Waals surface area contributed by atoms with E-state index in [9.17, 15) is 0 Å². The van der Waals surface area contributed by atoms with Crippen molar-refractivity contribution in [2.75, 3.05) is 46.9 Å². The van der Waals surface area contributed by atoms with Crippen LogP contribution in [-0.4, -0.2) is 62.6 Å². The maximum Gasteiger partial charge on any atom is 0.193 e. The van der Waals surface area contributed by atoms with Gasteiger partial charge in [-0.25, -0.2) is 0 Å². The van der Waals surface area contributed by atoms with Gasteiger partial charge in [-0.05, 0) is 37.6 Å². The van der Waals surface area contributed by atoms with E-state index in [1.807, 2.05) is 25.2 Å². The van der Waals surface area contributed by atoms with Crippen LogP contribution < -0.4 is 10.1 Å². The molecule has 0 bridgehead atoms. The molecule has 1 heterocycles. The molecule has 148 valence electrons. The molecular weight excluding hydrogens is 463 g/mol. The van der Waals surface area contributed by atoms with Crippen LogP contribution in [0.15, 0.2) is 23.2 Å². The highest BCUT2D eigenvalue weighted by atomic mass is 127. The number of benzene rings is 1. The van der Waals surface area contributed by atoms with E-state index < -0.39 is 0 Å². The van der Waals surface area contributed by atoms with Crippen LogP contribution in [-0.2, 0) is 6.54 Å². The van der Waals surface area contributed by atoms with Crippen molar-refractivity contribution in [3.05, 3.63) is 28.8 Å². The summed E-state index contributed by atoms with van der Waals surface area (Å²) < 4.78 is 5.42. The number of guanidine groups is 1. The molecule has 1 unspecified atom stereocenters. The number of nitrogens with zero attached hydrogens (tertiary/aromatic N) is 3. The molecule has 1 atom stereocenters. The summed E-state index contributed by atoms with van der Waals surface area (Å²) in [6, 6.07) is 5.73. The van der Waals surface area contributed by atoms with E-state index in [0.717, 1.165) is 43.5 Å². The molecule has 2 rings (SSSR count). The van der Waals surface area contributed by atoms with Crippen molar-refractivity contribution < 1.29 is 4.74 Å². The molecule has 1 aromatic rings. The Balaban J connectivity index is 0.00000338. The lowest BCUT2D eigenvalue weighted by atomic mass is 10.1. The van der Waals surface area contributed by atoms with E-state index >= 15 is 0 Å². The summed E-state index contributed by atoms with van der Waals surface area (Å²) in [6.07, 6.45) is 1.22. The molecular formula is C19H32ClIN4O. The number of aliphatic imine (C=N–C) groups is 1. The largest absolute Gasteiger partial charge is 0.496 e. The second-order valence-electron chi connectivity index (χ2n) is 6.44. The number of likely N-dealkylation sites (tertiary alicyclic amines) is 1. The standard InChI is InChI=1S/C19H31ClN4O.HI/c1-5-23(6-2)13-15-9-10-24(14-15)19(21-3)22-12-16-7-8-17(20)11-18(16)25-4;/h7-8,11,15H,5-6,9-10,12-14H2,1-4H3,(H,21,22);1H. The molecule has 0 amide bonds. The third kappa shape index (κ3) is 6.46. The molecule has 1 saturated heterocycles. The lowest BCUT2D eigenvalue weighted by Crippen LogP contribution is -2.40. The first-order valence-electron chi connectivity index (χ1n) is 9.11. The number of methoxy groups -OCH3 is 1. The van der Waals surface area contributed by atoms with Crippen molar-refractivity contribution in [2.45, 2.75) is 26.8 Å². The number of halogens is 2. The van der Waals surface area contributed by atoms with Crippen LogP contribution in [0, 0.1) is 5.92 Å². The maximum absolute atomic E-state index is 6.03. The van der Waals surface area contributed by atoms with Crippen LogP contribution in [0.3, 0.4) is 0 Å². The van der Waals surface area contributed by atoms with E-state index in [-0.39, 0.29) is 24.0 Å². The van der Waals surface area contributed by atoms with Gasteiger partial charge < -0.3 is 19.9 Å². The van der Waals surface area contributed by atoms with E-state index in [1.54, 1.807) is 7.11 Å². The normalized spacial score (nSPS) is 17.4. The van der Waals surface area contributed by atoms with Gasteiger partial charge in [-0.15, -0.1) is 24.0 Å². The van der Waals surface area contributed by atoms with Crippen molar-refractivity contribution >= 4 is 41.5 Å². The fourth-order valence-corrected chi connectivity index (χ4v) is 3.55. The third-order valence-electron chi connectivity index (χ3n) is 4.89. The fourth-order valence-electron chi connectivity index (χ4n) is 3.39. The average molecular weight is 495 g/mol. The summed E-state index contributed by atoms with van der Waals surface area (Å²) in [5, 5.41) is 4.15. The van der Waals surface area contributed by atoms with E-state index in [2.05, 4.69) is 34.0 Å². The van der Waals surface area contributed by atoms with Crippen molar-refractivity contribution in [1.82, 2.24) is 15.1 Å². The minimum absolute atomic E-state index is 0. The molecule has 0 radical (unpaired) electrons. The topological polar surface area (TPSA) is 40.1 Å². The number of hydrogen-bond acceptors (Lipinski definition) is 3. The predicted molar refractivity (Wildman–Crippen MR) is 121 cm³/mol. The SMILES string of the molecule is CCN(CC)CC1CCN(C(=NC)NCc2ccc(Cl)cc2OC)C1.I. The first-order chi connectivity index (χ1) is 12.1. The Morgan fingerprint density at radius 3 is 2.73 bits per heavy atom. The van der Waals surface area contributed by atoms with Crippen molar-refractivity contribution in [3.8, 4) is 5.75 Å². The van der Waals surface area contributed by atoms with Crippen LogP contribution in [0.2, 0.25) is 5.02 Å². The summed E-state index contributed by atoms with van der Waals surface area (Å²) in [4.78, 5) is 9.32. The molecule has 5 nitrogen and oxygen atoms in total.